The molecule has 0 saturated carbocycles. The zero-order valence-electron chi connectivity index (χ0n) is 4.52. The van der Waals surface area contributed by atoms with Crippen LogP contribution in [0.15, 0.2) is 36.2 Å². The minimum absolute atomic E-state index is 0.187. The van der Waals surface area contributed by atoms with Gasteiger partial charge in [-0.05, 0) is 12.5 Å². The standard InChI is InChI=1S/C7H7F/c1-6-4-2-3-5-7(6)8/h2,4-5H,1,3H2. The molecule has 0 aromatic rings. The number of allylic oxidation sites excluding steroid dienone is 5. The summed E-state index contributed by atoms with van der Waals surface area (Å²) in [6.07, 6.45) is 5.79. The second-order valence-corrected chi connectivity index (χ2v) is 1.72. The Morgan fingerprint density at radius 2 is 2.38 bits per heavy atom. The van der Waals surface area contributed by atoms with E-state index in [1.54, 1.807) is 6.08 Å². The normalized spacial score (nSPS) is 18.6. The van der Waals surface area contributed by atoms with Crippen molar-refractivity contribution in [3.05, 3.63) is 36.2 Å². The molecule has 1 rings (SSSR count). The molecule has 0 bridgehead atoms. The molecule has 0 amide bonds. The smallest absolute Gasteiger partial charge is 0.126 e. The Bertz CT molecular complexity index is 163. The molecular weight excluding hydrogens is 103 g/mol. The molecule has 0 spiro atoms. The van der Waals surface area contributed by atoms with Gasteiger partial charge in [0.25, 0.3) is 0 Å². The van der Waals surface area contributed by atoms with Crippen molar-refractivity contribution in [1.29, 1.82) is 0 Å². The summed E-state index contributed by atoms with van der Waals surface area (Å²) >= 11 is 0. The Balaban J connectivity index is 2.78. The molecule has 1 heteroatoms. The Morgan fingerprint density at radius 3 is 2.75 bits per heavy atom. The van der Waals surface area contributed by atoms with Crippen molar-refractivity contribution in [1.82, 2.24) is 0 Å². The van der Waals surface area contributed by atoms with Gasteiger partial charge in [0.05, 0.1) is 0 Å². The Labute approximate surface area is 48.0 Å². The van der Waals surface area contributed by atoms with Gasteiger partial charge in [-0.1, -0.05) is 18.7 Å². The molecule has 0 fully saturated rings. The molecule has 0 N–H and O–H groups in total. The average Bonchev–Trinajstić information content (AvgIpc) is 1.77. The highest BCUT2D eigenvalue weighted by molar-refractivity contribution is 5.36. The van der Waals surface area contributed by atoms with Crippen molar-refractivity contribution in [2.75, 3.05) is 0 Å². The highest BCUT2D eigenvalue weighted by Crippen LogP contribution is 2.15. The van der Waals surface area contributed by atoms with Crippen LogP contribution in [0, 0.1) is 0 Å². The van der Waals surface area contributed by atoms with E-state index in [0.717, 1.165) is 0 Å². The van der Waals surface area contributed by atoms with E-state index in [0.29, 0.717) is 12.0 Å². The van der Waals surface area contributed by atoms with Gasteiger partial charge in [0.2, 0.25) is 0 Å². The molecule has 0 heterocycles. The van der Waals surface area contributed by atoms with Crippen molar-refractivity contribution < 1.29 is 4.39 Å². The third-order valence-electron chi connectivity index (χ3n) is 1.06. The molecular formula is C7H7F. The molecule has 0 radical (unpaired) electrons. The van der Waals surface area contributed by atoms with Gasteiger partial charge in [-0.3, -0.25) is 0 Å². The maximum absolute atomic E-state index is 12.3. The van der Waals surface area contributed by atoms with E-state index in [4.69, 9.17) is 0 Å². The second kappa shape index (κ2) is 1.95. The summed E-state index contributed by atoms with van der Waals surface area (Å²) in [6.45, 7) is 3.47. The molecule has 0 saturated heterocycles. The molecule has 0 unspecified atom stereocenters. The first-order valence-corrected chi connectivity index (χ1v) is 2.52. The molecule has 0 aromatic heterocycles. The second-order valence-electron chi connectivity index (χ2n) is 1.72. The summed E-state index contributed by atoms with van der Waals surface area (Å²) in [5, 5.41) is 0. The van der Waals surface area contributed by atoms with Crippen molar-refractivity contribution in [2.45, 2.75) is 6.42 Å². The summed E-state index contributed by atoms with van der Waals surface area (Å²) in [6, 6.07) is 0. The maximum Gasteiger partial charge on any atom is 0.126 e. The van der Waals surface area contributed by atoms with E-state index in [1.807, 2.05) is 6.08 Å². The molecule has 0 atom stereocenters. The van der Waals surface area contributed by atoms with E-state index in [2.05, 4.69) is 6.58 Å². The lowest BCUT2D eigenvalue weighted by molar-refractivity contribution is 0.650. The van der Waals surface area contributed by atoms with Crippen LogP contribution in [0.4, 0.5) is 4.39 Å². The molecule has 0 nitrogen and oxygen atoms in total. The van der Waals surface area contributed by atoms with Gasteiger partial charge in [-0.25, -0.2) is 4.39 Å². The van der Waals surface area contributed by atoms with Gasteiger partial charge in [0.1, 0.15) is 5.83 Å². The number of hydrogen-bond donors (Lipinski definition) is 0. The van der Waals surface area contributed by atoms with Crippen LogP contribution in [-0.2, 0) is 0 Å². The third kappa shape index (κ3) is 0.861. The van der Waals surface area contributed by atoms with Crippen LogP contribution < -0.4 is 0 Å². The van der Waals surface area contributed by atoms with Gasteiger partial charge in [0.15, 0.2) is 0 Å². The number of rotatable bonds is 0. The quantitative estimate of drug-likeness (QED) is 0.449. The summed E-state index contributed by atoms with van der Waals surface area (Å²) in [4.78, 5) is 0. The lowest BCUT2D eigenvalue weighted by Crippen LogP contribution is -1.81. The van der Waals surface area contributed by atoms with Gasteiger partial charge in [0, 0.05) is 5.57 Å². The SMILES string of the molecule is C=C1C=CCC=C1F. The van der Waals surface area contributed by atoms with Gasteiger partial charge in [-0.15, -0.1) is 0 Å². The summed E-state index contributed by atoms with van der Waals surface area (Å²) in [5.74, 6) is -0.187. The van der Waals surface area contributed by atoms with E-state index in [-0.39, 0.29) is 5.83 Å². The molecule has 0 aromatic carbocycles. The van der Waals surface area contributed by atoms with Crippen LogP contribution in [0.1, 0.15) is 6.42 Å². The largest absolute Gasteiger partial charge is 0.207 e. The van der Waals surface area contributed by atoms with Crippen LogP contribution in [0.3, 0.4) is 0 Å². The molecule has 42 valence electrons. The fourth-order valence-electron chi connectivity index (χ4n) is 0.593. The van der Waals surface area contributed by atoms with Gasteiger partial charge in [-0.2, -0.15) is 0 Å². The van der Waals surface area contributed by atoms with E-state index in [1.165, 1.54) is 6.08 Å². The maximum atomic E-state index is 12.3. The molecule has 1 aliphatic rings. The third-order valence-corrected chi connectivity index (χ3v) is 1.06. The van der Waals surface area contributed by atoms with Crippen LogP contribution >= 0.6 is 0 Å². The molecule has 0 aliphatic heterocycles. The minimum Gasteiger partial charge on any atom is -0.207 e. The Hall–Kier alpha value is -0.850. The van der Waals surface area contributed by atoms with Gasteiger partial charge < -0.3 is 0 Å². The highest BCUT2D eigenvalue weighted by Gasteiger charge is 1.98. The molecule has 8 heavy (non-hydrogen) atoms. The van der Waals surface area contributed by atoms with E-state index >= 15 is 0 Å². The minimum atomic E-state index is -0.187. The summed E-state index contributed by atoms with van der Waals surface area (Å²) in [5.41, 5.74) is 0.483. The topological polar surface area (TPSA) is 0 Å². The van der Waals surface area contributed by atoms with E-state index in [9.17, 15) is 4.39 Å². The summed E-state index contributed by atoms with van der Waals surface area (Å²) in [7, 11) is 0. The summed E-state index contributed by atoms with van der Waals surface area (Å²) < 4.78 is 12.3. The van der Waals surface area contributed by atoms with Crippen molar-refractivity contribution in [2.24, 2.45) is 0 Å². The lowest BCUT2D eigenvalue weighted by atomic mass is 10.1. The van der Waals surface area contributed by atoms with Crippen LogP contribution in [-0.4, -0.2) is 0 Å². The fourth-order valence-corrected chi connectivity index (χ4v) is 0.593. The first-order chi connectivity index (χ1) is 3.80. The fraction of sp³-hybridized carbons (Fsp3) is 0.143. The van der Waals surface area contributed by atoms with Crippen LogP contribution in [0.2, 0.25) is 0 Å². The van der Waals surface area contributed by atoms with Gasteiger partial charge >= 0.3 is 0 Å². The van der Waals surface area contributed by atoms with Crippen molar-refractivity contribution >= 4 is 0 Å². The predicted molar refractivity (Wildman–Crippen MR) is 32.1 cm³/mol. The van der Waals surface area contributed by atoms with E-state index < -0.39 is 0 Å². The van der Waals surface area contributed by atoms with Crippen LogP contribution in [0.25, 0.3) is 0 Å². The number of hydrogen-bond acceptors (Lipinski definition) is 0. The van der Waals surface area contributed by atoms with Crippen molar-refractivity contribution in [3.63, 3.8) is 0 Å². The monoisotopic (exact) mass is 110 g/mol. The first kappa shape index (κ1) is 5.29. The zero-order chi connectivity index (χ0) is 5.98. The number of halogens is 1. The average molecular weight is 110 g/mol. The first-order valence-electron chi connectivity index (χ1n) is 2.52. The predicted octanol–water partition coefficient (Wildman–Crippen LogP) is 2.36. The van der Waals surface area contributed by atoms with Crippen molar-refractivity contribution in [3.8, 4) is 0 Å². The Kier molecular flexibility index (Phi) is 1.29. The lowest BCUT2D eigenvalue weighted by Gasteiger charge is -1.98. The zero-order valence-corrected chi connectivity index (χ0v) is 4.52. The van der Waals surface area contributed by atoms with Crippen LogP contribution in [0.5, 0.6) is 0 Å². The highest BCUT2D eigenvalue weighted by atomic mass is 19.1. The molecule has 1 aliphatic carbocycles. The Morgan fingerprint density at radius 1 is 1.62 bits per heavy atom.